The first-order valence-corrected chi connectivity index (χ1v) is 20.1. The predicted molar refractivity (Wildman–Crippen MR) is 196 cm³/mol. The molecule has 1 atom stereocenters. The van der Waals surface area contributed by atoms with Crippen LogP contribution in [0.25, 0.3) is 0 Å². The van der Waals surface area contributed by atoms with Crippen molar-refractivity contribution in [3.05, 3.63) is 53.6 Å². The first kappa shape index (κ1) is 38.1. The lowest BCUT2D eigenvalue weighted by Crippen LogP contribution is -3.00. The van der Waals surface area contributed by atoms with E-state index in [1.165, 1.54) is 49.9 Å². The molecule has 4 heterocycles. The number of benzene rings is 2. The normalized spacial score (nSPS) is 24.0. The number of hydrogen-bond donors (Lipinski definition) is 4. The monoisotopic (exact) mass is 747 g/mol. The number of anilines is 2. The summed E-state index contributed by atoms with van der Waals surface area (Å²) in [5.74, 6) is 1.11. The molecule has 3 saturated heterocycles. The van der Waals surface area contributed by atoms with Gasteiger partial charge >= 0.3 is 0 Å². The molecule has 0 radical (unpaired) electrons. The van der Waals surface area contributed by atoms with Crippen LogP contribution >= 0.6 is 12.2 Å². The summed E-state index contributed by atoms with van der Waals surface area (Å²) in [6.45, 7) is 13.5. The van der Waals surface area contributed by atoms with Crippen LogP contribution in [-0.2, 0) is 9.84 Å². The van der Waals surface area contributed by atoms with Gasteiger partial charge in [0.1, 0.15) is 0 Å². The van der Waals surface area contributed by atoms with E-state index in [1.54, 1.807) is 0 Å². The van der Waals surface area contributed by atoms with Crippen molar-refractivity contribution in [2.45, 2.75) is 108 Å². The van der Waals surface area contributed by atoms with E-state index in [4.69, 9.17) is 12.2 Å². The van der Waals surface area contributed by atoms with Crippen molar-refractivity contribution in [3.8, 4) is 0 Å². The highest BCUT2D eigenvalue weighted by Gasteiger charge is 2.43. The molecule has 0 saturated carbocycles. The number of unbranched alkanes of at least 4 members (excludes halogenated alkanes) is 2. The molecule has 2 aromatic rings. The number of thiocarbonyl (C=S) groups is 1. The highest BCUT2D eigenvalue weighted by Crippen LogP contribution is 2.40. The lowest BCUT2D eigenvalue weighted by Gasteiger charge is -2.49. The van der Waals surface area contributed by atoms with Crippen LogP contribution in [0.2, 0.25) is 0 Å². The average molecular weight is 749 g/mol. The lowest BCUT2D eigenvalue weighted by molar-refractivity contribution is -0.942. The molecule has 0 spiro atoms. The summed E-state index contributed by atoms with van der Waals surface area (Å²) in [5.41, 5.74) is 3.24. The number of halogens is 1. The minimum Gasteiger partial charge on any atom is -1.00 e. The Balaban J connectivity index is 0.00000500. The van der Waals surface area contributed by atoms with Crippen molar-refractivity contribution in [1.82, 2.24) is 10.6 Å². The van der Waals surface area contributed by atoms with Gasteiger partial charge < -0.3 is 37.4 Å². The highest BCUT2D eigenvalue weighted by molar-refractivity contribution is 7.91. The van der Waals surface area contributed by atoms with E-state index in [-0.39, 0.29) is 28.8 Å². The molecular formula is C37H58BrN5O2S2. The SMILES string of the molecule is CCCCC1(CCCC)CS(=O)(=O)c2ccc(NCCC)cc2C(c2cccc(NC(=S)NCCC[N+]34CCC(CC3)CC4)c2)N1.[Br-]. The first-order chi connectivity index (χ1) is 22.2. The van der Waals surface area contributed by atoms with Gasteiger partial charge in [0.2, 0.25) is 0 Å². The first-order valence-electron chi connectivity index (χ1n) is 18.1. The highest BCUT2D eigenvalue weighted by atomic mass is 79.9. The lowest BCUT2D eigenvalue weighted by atomic mass is 9.85. The average Bonchev–Trinajstić information content (AvgIpc) is 3.16. The fourth-order valence-corrected chi connectivity index (χ4v) is 10.4. The third-order valence-corrected chi connectivity index (χ3v) is 13.0. The Bertz CT molecular complexity index is 1410. The van der Waals surface area contributed by atoms with Crippen molar-refractivity contribution in [2.24, 2.45) is 5.92 Å². The third-order valence-electron chi connectivity index (χ3n) is 10.8. The Morgan fingerprint density at radius 1 is 0.915 bits per heavy atom. The molecule has 47 heavy (non-hydrogen) atoms. The second kappa shape index (κ2) is 17.3. The molecule has 0 aliphatic carbocycles. The standard InChI is InChI=1S/C37H57N5O2S2.BrH/c1-4-7-18-37(19-8-5-2)28-46(43,44)34-14-13-31(38-20-6-3)27-33(34)35(41-37)30-11-9-12-32(26-30)40-36(45)39-21-10-22-42-23-15-29(16-24-42)17-25-42;/h9,11-14,26-27,29,35,38,41H,4-8,10,15-25,28H2,1-3H3,(H-,39,40,45);1H. The number of fused-ring (bicyclic) bond motifs is 4. The molecule has 7 nitrogen and oxygen atoms in total. The Morgan fingerprint density at radius 2 is 1.62 bits per heavy atom. The van der Waals surface area contributed by atoms with E-state index in [1.807, 2.05) is 18.2 Å². The van der Waals surface area contributed by atoms with Crippen LogP contribution in [-0.4, -0.2) is 68.6 Å². The number of nitrogens with one attached hydrogen (secondary N) is 4. The zero-order valence-electron chi connectivity index (χ0n) is 28.9. The molecule has 4 aliphatic rings. The van der Waals surface area contributed by atoms with Gasteiger partial charge in [-0.05, 0) is 98.1 Å². The molecule has 0 aromatic heterocycles. The maximum Gasteiger partial charge on any atom is 0.180 e. The maximum absolute atomic E-state index is 14.1. The minimum atomic E-state index is -3.52. The Kier molecular flexibility index (Phi) is 14.0. The van der Waals surface area contributed by atoms with E-state index in [9.17, 15) is 8.42 Å². The van der Waals surface area contributed by atoms with Gasteiger partial charge in [-0.1, -0.05) is 58.6 Å². The van der Waals surface area contributed by atoms with Gasteiger partial charge in [0.25, 0.3) is 0 Å². The van der Waals surface area contributed by atoms with E-state index < -0.39 is 15.4 Å². The van der Waals surface area contributed by atoms with Crippen molar-refractivity contribution in [1.29, 1.82) is 0 Å². The molecule has 6 rings (SSSR count). The van der Waals surface area contributed by atoms with Gasteiger partial charge in [-0.25, -0.2) is 8.42 Å². The van der Waals surface area contributed by atoms with Gasteiger partial charge in [0.05, 0.1) is 42.9 Å². The van der Waals surface area contributed by atoms with Gasteiger partial charge in [0, 0.05) is 36.4 Å². The second-order valence-corrected chi connectivity index (χ2v) is 16.7. The Hall–Kier alpha value is -1.72. The van der Waals surface area contributed by atoms with Crippen LogP contribution in [0.1, 0.15) is 109 Å². The molecule has 1 unspecified atom stereocenters. The second-order valence-electron chi connectivity index (χ2n) is 14.3. The summed E-state index contributed by atoms with van der Waals surface area (Å²) in [4.78, 5) is 0.446. The number of sulfone groups is 1. The molecule has 262 valence electrons. The van der Waals surface area contributed by atoms with E-state index in [0.29, 0.717) is 10.0 Å². The summed E-state index contributed by atoms with van der Waals surface area (Å²) in [6.07, 6.45) is 12.0. The molecule has 4 N–H and O–H groups in total. The van der Waals surface area contributed by atoms with Crippen molar-refractivity contribution in [3.63, 3.8) is 0 Å². The van der Waals surface area contributed by atoms with Crippen LogP contribution < -0.4 is 38.2 Å². The number of piperidine rings is 3. The zero-order chi connectivity index (χ0) is 32.6. The van der Waals surface area contributed by atoms with E-state index >= 15 is 0 Å². The molecule has 2 aromatic carbocycles. The number of rotatable bonds is 15. The molecule has 0 amide bonds. The number of hydrogen-bond acceptors (Lipinski definition) is 5. The third kappa shape index (κ3) is 9.71. The van der Waals surface area contributed by atoms with Gasteiger partial charge in [0.15, 0.2) is 14.9 Å². The Morgan fingerprint density at radius 3 is 2.28 bits per heavy atom. The van der Waals surface area contributed by atoms with Crippen LogP contribution in [0.5, 0.6) is 0 Å². The predicted octanol–water partition coefficient (Wildman–Crippen LogP) is 4.41. The number of nitrogens with zero attached hydrogens (tertiary/aromatic N) is 1. The maximum atomic E-state index is 14.1. The van der Waals surface area contributed by atoms with Crippen molar-refractivity contribution in [2.75, 3.05) is 55.7 Å². The molecule has 4 aliphatic heterocycles. The van der Waals surface area contributed by atoms with Crippen LogP contribution in [0.15, 0.2) is 47.4 Å². The fourth-order valence-electron chi connectivity index (χ4n) is 8.07. The summed E-state index contributed by atoms with van der Waals surface area (Å²) < 4.78 is 29.5. The van der Waals surface area contributed by atoms with E-state index in [0.717, 1.165) is 92.9 Å². The summed E-state index contributed by atoms with van der Waals surface area (Å²) in [7, 11) is -3.52. The smallest absolute Gasteiger partial charge is 0.180 e. The summed E-state index contributed by atoms with van der Waals surface area (Å²) >= 11 is 5.74. The molecular weight excluding hydrogens is 690 g/mol. The Labute approximate surface area is 300 Å². The quantitative estimate of drug-likeness (QED) is 0.122. The van der Waals surface area contributed by atoms with Gasteiger partial charge in [-0.3, -0.25) is 5.32 Å². The fraction of sp³-hybridized carbons (Fsp3) is 0.649. The molecule has 10 heteroatoms. The number of quaternary nitrogens is 1. The summed E-state index contributed by atoms with van der Waals surface area (Å²) in [5, 5.41) is 15.0. The largest absolute Gasteiger partial charge is 1.00 e. The zero-order valence-corrected chi connectivity index (χ0v) is 32.1. The minimum absolute atomic E-state index is 0. The van der Waals surface area contributed by atoms with E-state index in [2.05, 4.69) is 66.3 Å². The van der Waals surface area contributed by atoms with Crippen LogP contribution in [0.4, 0.5) is 11.4 Å². The van der Waals surface area contributed by atoms with Gasteiger partial charge in [-0.2, -0.15) is 0 Å². The van der Waals surface area contributed by atoms with Crippen molar-refractivity contribution < 1.29 is 29.9 Å². The molecule has 3 fully saturated rings. The van der Waals surface area contributed by atoms with Crippen LogP contribution in [0.3, 0.4) is 0 Å². The molecule has 2 bridgehead atoms. The van der Waals surface area contributed by atoms with Gasteiger partial charge in [-0.15, -0.1) is 0 Å². The summed E-state index contributed by atoms with van der Waals surface area (Å²) in [6, 6.07) is 13.9. The van der Waals surface area contributed by atoms with Crippen LogP contribution in [0, 0.1) is 5.92 Å². The topological polar surface area (TPSA) is 82.3 Å². The van der Waals surface area contributed by atoms with Crippen molar-refractivity contribution >= 4 is 38.5 Å².